The fraction of sp³-hybridized carbons (Fsp3) is 0.545. The quantitative estimate of drug-likeness (QED) is 0.634. The zero-order valence-electron chi connectivity index (χ0n) is 10.7. The van der Waals surface area contributed by atoms with Crippen LogP contribution < -0.4 is 10.6 Å². The van der Waals surface area contributed by atoms with Crippen molar-refractivity contribution in [1.29, 1.82) is 0 Å². The number of carboxylic acids is 1. The molecule has 0 aliphatic rings. The minimum atomic E-state index is -1.06. The number of rotatable bonds is 4. The van der Waals surface area contributed by atoms with Crippen LogP contribution >= 0.6 is 0 Å². The van der Waals surface area contributed by atoms with E-state index in [2.05, 4.69) is 20.6 Å². The lowest BCUT2D eigenvalue weighted by Crippen LogP contribution is -2.52. The van der Waals surface area contributed by atoms with Crippen LogP contribution in [0.4, 0.5) is 4.79 Å². The smallest absolute Gasteiger partial charge is 0.326 e. The van der Waals surface area contributed by atoms with E-state index >= 15 is 0 Å². The van der Waals surface area contributed by atoms with Crippen LogP contribution in [0.15, 0.2) is 12.5 Å². The van der Waals surface area contributed by atoms with E-state index in [-0.39, 0.29) is 6.54 Å². The Bertz CT molecular complexity index is 408. The van der Waals surface area contributed by atoms with Crippen molar-refractivity contribution in [1.82, 2.24) is 20.6 Å². The van der Waals surface area contributed by atoms with E-state index < -0.39 is 23.5 Å². The predicted molar refractivity (Wildman–Crippen MR) is 64.8 cm³/mol. The molecule has 7 heteroatoms. The summed E-state index contributed by atoms with van der Waals surface area (Å²) in [4.78, 5) is 29.3. The first-order valence-electron chi connectivity index (χ1n) is 5.55. The molecule has 1 heterocycles. The minimum Gasteiger partial charge on any atom is -0.480 e. The van der Waals surface area contributed by atoms with E-state index in [1.165, 1.54) is 6.33 Å². The van der Waals surface area contributed by atoms with E-state index in [1.807, 2.05) is 0 Å². The average Bonchev–Trinajstić information content (AvgIpc) is 2.73. The number of aliphatic carboxylic acids is 1. The summed E-state index contributed by atoms with van der Waals surface area (Å²) in [5.74, 6) is -1.06. The summed E-state index contributed by atoms with van der Waals surface area (Å²) in [6.07, 6.45) is 3.09. The fourth-order valence-electron chi connectivity index (χ4n) is 1.39. The number of H-pyrrole nitrogens is 1. The van der Waals surface area contributed by atoms with E-state index in [4.69, 9.17) is 5.11 Å². The van der Waals surface area contributed by atoms with Crippen LogP contribution in [0.2, 0.25) is 0 Å². The van der Waals surface area contributed by atoms with Crippen molar-refractivity contribution in [3.8, 4) is 0 Å². The molecular weight excluding hydrogens is 236 g/mol. The zero-order valence-corrected chi connectivity index (χ0v) is 10.7. The molecule has 100 valence electrons. The molecule has 0 aliphatic carbocycles. The second kappa shape index (κ2) is 5.52. The highest BCUT2D eigenvalue weighted by atomic mass is 16.4. The molecule has 1 aromatic heterocycles. The van der Waals surface area contributed by atoms with Crippen LogP contribution in [0.3, 0.4) is 0 Å². The minimum absolute atomic E-state index is 0.266. The summed E-state index contributed by atoms with van der Waals surface area (Å²) in [6.45, 7) is 5.52. The third kappa shape index (κ3) is 4.08. The molecule has 1 aromatic rings. The summed E-state index contributed by atoms with van der Waals surface area (Å²) >= 11 is 0. The maximum absolute atomic E-state index is 11.6. The fourth-order valence-corrected chi connectivity index (χ4v) is 1.39. The molecule has 4 N–H and O–H groups in total. The average molecular weight is 254 g/mol. The molecule has 0 spiro atoms. The summed E-state index contributed by atoms with van der Waals surface area (Å²) in [5.41, 5.74) is 0.185. The lowest BCUT2D eigenvalue weighted by molar-refractivity contribution is -0.141. The van der Waals surface area contributed by atoms with Gasteiger partial charge >= 0.3 is 12.0 Å². The van der Waals surface area contributed by atoms with Gasteiger partial charge in [0.2, 0.25) is 0 Å². The van der Waals surface area contributed by atoms with Crippen molar-refractivity contribution in [2.24, 2.45) is 5.41 Å². The Hall–Kier alpha value is -2.05. The molecule has 1 atom stereocenters. The molecule has 0 aromatic carbocycles. The van der Waals surface area contributed by atoms with Crippen molar-refractivity contribution >= 4 is 12.0 Å². The predicted octanol–water partition coefficient (Wildman–Crippen LogP) is 0.708. The topological polar surface area (TPSA) is 107 Å². The molecule has 2 amide bonds. The van der Waals surface area contributed by atoms with Crippen molar-refractivity contribution in [3.05, 3.63) is 18.2 Å². The van der Waals surface area contributed by atoms with Crippen LogP contribution in [0.1, 0.15) is 26.5 Å². The molecule has 18 heavy (non-hydrogen) atoms. The van der Waals surface area contributed by atoms with Crippen molar-refractivity contribution < 1.29 is 14.7 Å². The maximum Gasteiger partial charge on any atom is 0.326 e. The van der Waals surface area contributed by atoms with Gasteiger partial charge in [0.25, 0.3) is 0 Å². The number of aromatic nitrogens is 2. The molecule has 0 unspecified atom stereocenters. The highest BCUT2D eigenvalue weighted by Gasteiger charge is 2.32. The summed E-state index contributed by atoms with van der Waals surface area (Å²) in [5, 5.41) is 14.0. The van der Waals surface area contributed by atoms with Crippen LogP contribution in [-0.2, 0) is 11.3 Å². The Morgan fingerprint density at radius 3 is 2.61 bits per heavy atom. The first-order valence-corrected chi connectivity index (χ1v) is 5.55. The van der Waals surface area contributed by atoms with Gasteiger partial charge in [-0.25, -0.2) is 14.6 Å². The van der Waals surface area contributed by atoms with Crippen molar-refractivity contribution in [3.63, 3.8) is 0 Å². The van der Waals surface area contributed by atoms with Gasteiger partial charge in [-0.05, 0) is 5.41 Å². The molecule has 0 saturated heterocycles. The molecule has 0 bridgehead atoms. The number of imidazole rings is 1. The van der Waals surface area contributed by atoms with Crippen LogP contribution in [0.5, 0.6) is 0 Å². The largest absolute Gasteiger partial charge is 0.480 e. The van der Waals surface area contributed by atoms with Crippen LogP contribution in [0, 0.1) is 5.41 Å². The van der Waals surface area contributed by atoms with Crippen LogP contribution in [-0.4, -0.2) is 33.1 Å². The Morgan fingerprint density at radius 2 is 2.17 bits per heavy atom. The molecule has 0 radical (unpaired) electrons. The Balaban J connectivity index is 2.49. The second-order valence-corrected chi connectivity index (χ2v) is 5.04. The number of nitrogens with one attached hydrogen (secondary N) is 3. The number of urea groups is 1. The molecule has 1 rings (SSSR count). The standard InChI is InChI=1S/C11H18N4O3/c1-11(2,3)8(9(16)17)15-10(18)13-5-7-4-12-6-14-7/h4,6,8H,5H2,1-3H3,(H,12,14)(H,16,17)(H2,13,15,18)/t8-/m0/s1. The molecule has 0 fully saturated rings. The first-order chi connectivity index (χ1) is 8.30. The summed E-state index contributed by atoms with van der Waals surface area (Å²) in [7, 11) is 0. The van der Waals surface area contributed by atoms with E-state index in [0.29, 0.717) is 0 Å². The van der Waals surface area contributed by atoms with Gasteiger partial charge in [0.05, 0.1) is 18.6 Å². The van der Waals surface area contributed by atoms with Gasteiger partial charge in [-0.3, -0.25) is 0 Å². The number of hydrogen-bond donors (Lipinski definition) is 4. The first kappa shape index (κ1) is 14.0. The Morgan fingerprint density at radius 1 is 1.50 bits per heavy atom. The van der Waals surface area contributed by atoms with Gasteiger partial charge in [-0.1, -0.05) is 20.8 Å². The monoisotopic (exact) mass is 254 g/mol. The summed E-state index contributed by atoms with van der Waals surface area (Å²) in [6, 6.07) is -1.47. The number of carboxylic acid groups (broad SMARTS) is 1. The van der Waals surface area contributed by atoms with Gasteiger partial charge in [-0.15, -0.1) is 0 Å². The Kier molecular flexibility index (Phi) is 4.30. The van der Waals surface area contributed by atoms with Gasteiger partial charge in [0.1, 0.15) is 6.04 Å². The van der Waals surface area contributed by atoms with Gasteiger partial charge in [0.15, 0.2) is 0 Å². The third-order valence-corrected chi connectivity index (χ3v) is 2.38. The number of carbonyl (C=O) groups is 2. The normalized spacial score (nSPS) is 12.8. The Labute approximate surface area is 105 Å². The maximum atomic E-state index is 11.6. The number of hydrogen-bond acceptors (Lipinski definition) is 3. The lowest BCUT2D eigenvalue weighted by atomic mass is 9.87. The second-order valence-electron chi connectivity index (χ2n) is 5.04. The third-order valence-electron chi connectivity index (χ3n) is 2.38. The highest BCUT2D eigenvalue weighted by molar-refractivity contribution is 5.83. The van der Waals surface area contributed by atoms with Crippen molar-refractivity contribution in [2.45, 2.75) is 33.4 Å². The molecule has 7 nitrogen and oxygen atoms in total. The van der Waals surface area contributed by atoms with Gasteiger partial charge in [-0.2, -0.15) is 0 Å². The zero-order chi connectivity index (χ0) is 13.8. The molecule has 0 aliphatic heterocycles. The number of aromatic amines is 1. The van der Waals surface area contributed by atoms with Crippen LogP contribution in [0.25, 0.3) is 0 Å². The van der Waals surface area contributed by atoms with E-state index in [1.54, 1.807) is 27.0 Å². The van der Waals surface area contributed by atoms with Crippen molar-refractivity contribution in [2.75, 3.05) is 0 Å². The SMILES string of the molecule is CC(C)(C)[C@@H](NC(=O)NCc1cnc[nH]1)C(=O)O. The van der Waals surface area contributed by atoms with E-state index in [9.17, 15) is 9.59 Å². The molecular formula is C11H18N4O3. The van der Waals surface area contributed by atoms with E-state index in [0.717, 1.165) is 5.69 Å². The molecule has 0 saturated carbocycles. The number of carbonyl (C=O) groups excluding carboxylic acids is 1. The number of nitrogens with zero attached hydrogens (tertiary/aromatic N) is 1. The van der Waals surface area contributed by atoms with Gasteiger partial charge < -0.3 is 20.7 Å². The lowest BCUT2D eigenvalue weighted by Gasteiger charge is -2.27. The highest BCUT2D eigenvalue weighted by Crippen LogP contribution is 2.19. The summed E-state index contributed by atoms with van der Waals surface area (Å²) < 4.78 is 0. The number of amides is 2. The van der Waals surface area contributed by atoms with Gasteiger partial charge in [0, 0.05) is 6.20 Å².